The molecule has 1 N–H and O–H groups in total. The minimum Gasteiger partial charge on any atom is -0.391 e. The topological polar surface area (TPSA) is 23.5 Å². The number of nitrogens with zero attached hydrogens (tertiary/aromatic N) is 1. The standard InChI is InChI=1S/C14H29NO/c1-6-8-11(2)15(5)12-9-7-10-14(3,4)13(12)16/h11-13,16H,6-10H2,1-5H3. The number of hydrogen-bond acceptors (Lipinski definition) is 2. The van der Waals surface area contributed by atoms with Gasteiger partial charge < -0.3 is 5.11 Å². The van der Waals surface area contributed by atoms with Gasteiger partial charge in [-0.1, -0.05) is 33.6 Å². The average molecular weight is 227 g/mol. The third kappa shape index (κ3) is 2.98. The van der Waals surface area contributed by atoms with Crippen molar-refractivity contribution in [1.29, 1.82) is 0 Å². The Morgan fingerprint density at radius 1 is 1.44 bits per heavy atom. The lowest BCUT2D eigenvalue weighted by molar-refractivity contribution is -0.0600. The van der Waals surface area contributed by atoms with Crippen molar-refractivity contribution in [3.8, 4) is 0 Å². The Balaban J connectivity index is 2.64. The number of likely N-dealkylation sites (N-methyl/N-ethyl adjacent to an activating group) is 1. The van der Waals surface area contributed by atoms with Gasteiger partial charge in [0.1, 0.15) is 0 Å². The highest BCUT2D eigenvalue weighted by Crippen LogP contribution is 2.38. The summed E-state index contributed by atoms with van der Waals surface area (Å²) in [5.41, 5.74) is 0.0864. The monoisotopic (exact) mass is 227 g/mol. The fraction of sp³-hybridized carbons (Fsp3) is 1.00. The lowest BCUT2D eigenvalue weighted by atomic mass is 9.72. The van der Waals surface area contributed by atoms with Crippen LogP contribution in [0, 0.1) is 5.41 Å². The Kier molecular flexibility index (Phi) is 4.81. The molecule has 1 saturated carbocycles. The van der Waals surface area contributed by atoms with Gasteiger partial charge in [0.2, 0.25) is 0 Å². The molecule has 0 aliphatic heterocycles. The van der Waals surface area contributed by atoms with Gasteiger partial charge in [0.05, 0.1) is 6.10 Å². The van der Waals surface area contributed by atoms with E-state index in [4.69, 9.17) is 0 Å². The summed E-state index contributed by atoms with van der Waals surface area (Å²) >= 11 is 0. The molecular formula is C14H29NO. The Bertz CT molecular complexity index is 215. The van der Waals surface area contributed by atoms with Crippen LogP contribution in [0.15, 0.2) is 0 Å². The molecule has 0 amide bonds. The summed E-state index contributed by atoms with van der Waals surface area (Å²) in [7, 11) is 2.18. The molecule has 0 aromatic heterocycles. The van der Waals surface area contributed by atoms with Crippen LogP contribution in [0.3, 0.4) is 0 Å². The van der Waals surface area contributed by atoms with Crippen LogP contribution in [0.2, 0.25) is 0 Å². The van der Waals surface area contributed by atoms with E-state index in [1.807, 2.05) is 0 Å². The lowest BCUT2D eigenvalue weighted by Gasteiger charge is -2.46. The van der Waals surface area contributed by atoms with Crippen LogP contribution < -0.4 is 0 Å². The zero-order valence-electron chi connectivity index (χ0n) is 11.7. The first-order valence-electron chi connectivity index (χ1n) is 6.80. The molecule has 0 heterocycles. The maximum atomic E-state index is 10.4. The Morgan fingerprint density at radius 3 is 2.62 bits per heavy atom. The highest BCUT2D eigenvalue weighted by atomic mass is 16.3. The van der Waals surface area contributed by atoms with Gasteiger partial charge in [-0.2, -0.15) is 0 Å². The van der Waals surface area contributed by atoms with Crippen LogP contribution in [0.1, 0.15) is 59.8 Å². The zero-order valence-corrected chi connectivity index (χ0v) is 11.7. The minimum absolute atomic E-state index is 0.0864. The van der Waals surface area contributed by atoms with Crippen LogP contribution >= 0.6 is 0 Å². The lowest BCUT2D eigenvalue weighted by Crippen LogP contribution is -2.53. The van der Waals surface area contributed by atoms with Crippen molar-refractivity contribution in [1.82, 2.24) is 4.90 Å². The van der Waals surface area contributed by atoms with Crippen LogP contribution in [0.4, 0.5) is 0 Å². The van der Waals surface area contributed by atoms with Crippen molar-refractivity contribution in [2.24, 2.45) is 5.41 Å². The normalized spacial score (nSPS) is 31.7. The van der Waals surface area contributed by atoms with Gasteiger partial charge in [0.15, 0.2) is 0 Å². The maximum absolute atomic E-state index is 10.4. The molecule has 1 fully saturated rings. The number of aliphatic hydroxyl groups is 1. The molecule has 16 heavy (non-hydrogen) atoms. The van der Waals surface area contributed by atoms with E-state index in [1.54, 1.807) is 0 Å². The zero-order chi connectivity index (χ0) is 12.3. The fourth-order valence-electron chi connectivity index (χ4n) is 2.97. The molecule has 1 rings (SSSR count). The Labute approximate surface area is 101 Å². The third-order valence-corrected chi connectivity index (χ3v) is 4.41. The molecule has 2 nitrogen and oxygen atoms in total. The molecule has 0 radical (unpaired) electrons. The van der Waals surface area contributed by atoms with E-state index in [9.17, 15) is 5.11 Å². The SMILES string of the molecule is CCCC(C)N(C)C1CCCC(C)(C)C1O. The molecule has 3 atom stereocenters. The fourth-order valence-corrected chi connectivity index (χ4v) is 2.97. The van der Waals surface area contributed by atoms with E-state index in [-0.39, 0.29) is 11.5 Å². The van der Waals surface area contributed by atoms with Crippen molar-refractivity contribution in [2.75, 3.05) is 7.05 Å². The summed E-state index contributed by atoms with van der Waals surface area (Å²) < 4.78 is 0. The first-order valence-corrected chi connectivity index (χ1v) is 6.80. The van der Waals surface area contributed by atoms with Gasteiger partial charge in [-0.15, -0.1) is 0 Å². The summed E-state index contributed by atoms with van der Waals surface area (Å²) in [6.07, 6.45) is 5.82. The molecule has 1 aliphatic carbocycles. The van der Waals surface area contributed by atoms with E-state index in [2.05, 4.69) is 39.6 Å². The van der Waals surface area contributed by atoms with E-state index >= 15 is 0 Å². The van der Waals surface area contributed by atoms with E-state index < -0.39 is 0 Å². The summed E-state index contributed by atoms with van der Waals surface area (Å²) in [5.74, 6) is 0. The quantitative estimate of drug-likeness (QED) is 0.798. The van der Waals surface area contributed by atoms with E-state index in [1.165, 1.54) is 19.3 Å². The second kappa shape index (κ2) is 5.50. The maximum Gasteiger partial charge on any atom is 0.0746 e. The minimum atomic E-state index is -0.175. The van der Waals surface area contributed by atoms with Crippen LogP contribution in [-0.2, 0) is 0 Å². The molecule has 0 spiro atoms. The predicted octanol–water partition coefficient (Wildman–Crippen LogP) is 3.05. The molecular weight excluding hydrogens is 198 g/mol. The van der Waals surface area contributed by atoms with Gasteiger partial charge in [0.25, 0.3) is 0 Å². The molecule has 96 valence electrons. The molecule has 3 unspecified atom stereocenters. The summed E-state index contributed by atoms with van der Waals surface area (Å²) in [5, 5.41) is 10.4. The van der Waals surface area contributed by atoms with Gasteiger partial charge in [-0.25, -0.2) is 0 Å². The summed E-state index contributed by atoms with van der Waals surface area (Å²) in [6, 6.07) is 0.934. The molecule has 0 bridgehead atoms. The number of rotatable bonds is 4. The Morgan fingerprint density at radius 2 is 2.06 bits per heavy atom. The number of hydrogen-bond donors (Lipinski definition) is 1. The smallest absolute Gasteiger partial charge is 0.0746 e. The average Bonchev–Trinajstić information content (AvgIpc) is 2.21. The van der Waals surface area contributed by atoms with Crippen molar-refractivity contribution >= 4 is 0 Å². The van der Waals surface area contributed by atoms with Crippen molar-refractivity contribution in [3.05, 3.63) is 0 Å². The third-order valence-electron chi connectivity index (χ3n) is 4.41. The Hall–Kier alpha value is -0.0800. The highest BCUT2D eigenvalue weighted by molar-refractivity contribution is 4.93. The van der Waals surface area contributed by atoms with Gasteiger partial charge in [-0.05, 0) is 38.6 Å². The summed E-state index contributed by atoms with van der Waals surface area (Å²) in [6.45, 7) is 8.90. The van der Waals surface area contributed by atoms with Crippen LogP contribution in [0.25, 0.3) is 0 Å². The van der Waals surface area contributed by atoms with Gasteiger partial charge in [0, 0.05) is 12.1 Å². The van der Waals surface area contributed by atoms with E-state index in [0.29, 0.717) is 12.1 Å². The van der Waals surface area contributed by atoms with Crippen LogP contribution in [-0.4, -0.2) is 35.2 Å². The van der Waals surface area contributed by atoms with Crippen molar-refractivity contribution < 1.29 is 5.11 Å². The first kappa shape index (κ1) is 14.0. The van der Waals surface area contributed by atoms with Gasteiger partial charge in [-0.3, -0.25) is 4.90 Å². The molecule has 0 aromatic carbocycles. The number of aliphatic hydroxyl groups excluding tert-OH is 1. The molecule has 1 aliphatic rings. The molecule has 0 aromatic rings. The molecule has 0 saturated heterocycles. The van der Waals surface area contributed by atoms with Crippen LogP contribution in [0.5, 0.6) is 0 Å². The largest absolute Gasteiger partial charge is 0.391 e. The first-order chi connectivity index (χ1) is 7.40. The van der Waals surface area contributed by atoms with Crippen molar-refractivity contribution in [3.63, 3.8) is 0 Å². The summed E-state index contributed by atoms with van der Waals surface area (Å²) in [4.78, 5) is 2.40. The molecule has 2 heteroatoms. The predicted molar refractivity (Wildman–Crippen MR) is 69.6 cm³/mol. The second-order valence-corrected chi connectivity index (χ2v) is 6.20. The van der Waals surface area contributed by atoms with Gasteiger partial charge >= 0.3 is 0 Å². The van der Waals surface area contributed by atoms with Crippen molar-refractivity contribution in [2.45, 2.75) is 78.0 Å². The highest BCUT2D eigenvalue weighted by Gasteiger charge is 2.40. The van der Waals surface area contributed by atoms with E-state index in [0.717, 1.165) is 12.8 Å². The second-order valence-electron chi connectivity index (χ2n) is 6.20.